The van der Waals surface area contributed by atoms with Crippen LogP contribution in [0.2, 0.25) is 0 Å². The number of alkyl carbamates (subject to hydrolysis) is 2. The smallest absolute Gasteiger partial charge is 0.413 e. The molecule has 2 saturated heterocycles. The van der Waals surface area contributed by atoms with Crippen LogP contribution in [-0.2, 0) is 30.0 Å². The third-order valence-corrected chi connectivity index (χ3v) is 11.6. The van der Waals surface area contributed by atoms with E-state index in [1.54, 1.807) is 23.5 Å². The molecule has 2 fully saturated rings. The number of amidine groups is 2. The fraction of sp³-hybridized carbons (Fsp3) is 0.556. The molecule has 4 aliphatic heterocycles. The topological polar surface area (TPSA) is 120 Å². The quantitative estimate of drug-likeness (QED) is 0.309. The van der Waals surface area contributed by atoms with Crippen molar-refractivity contribution in [3.63, 3.8) is 0 Å². The van der Waals surface area contributed by atoms with Crippen LogP contribution < -0.4 is 10.6 Å². The van der Waals surface area contributed by atoms with Gasteiger partial charge in [0.25, 0.3) is 0 Å². The Morgan fingerprint density at radius 3 is 1.50 bits per heavy atom. The van der Waals surface area contributed by atoms with Crippen molar-refractivity contribution in [2.45, 2.75) is 76.7 Å². The van der Waals surface area contributed by atoms with Crippen LogP contribution in [0.5, 0.6) is 0 Å². The van der Waals surface area contributed by atoms with Crippen molar-refractivity contribution in [3.05, 3.63) is 68.6 Å². The number of amides is 2. The first-order chi connectivity index (χ1) is 23.6. The van der Waals surface area contributed by atoms with E-state index < -0.39 is 23.4 Å². The van der Waals surface area contributed by atoms with Crippen molar-refractivity contribution in [2.75, 3.05) is 37.9 Å². The van der Waals surface area contributed by atoms with E-state index in [4.69, 9.17) is 28.9 Å². The number of ether oxygens (including phenoxy) is 4. The van der Waals surface area contributed by atoms with Crippen molar-refractivity contribution in [1.29, 1.82) is 0 Å². The first kappa shape index (κ1) is 39.1. The number of carbonyl (C=O) groups excluding carboxylic acids is 2. The molecule has 2 amide bonds. The molecule has 4 atom stereocenters. The van der Waals surface area contributed by atoms with Gasteiger partial charge in [0.1, 0.15) is 11.2 Å². The fourth-order valence-corrected chi connectivity index (χ4v) is 9.38. The maximum absolute atomic E-state index is 12.1. The summed E-state index contributed by atoms with van der Waals surface area (Å²) in [5.41, 5.74) is 0.508. The summed E-state index contributed by atoms with van der Waals surface area (Å²) in [6.07, 6.45) is 0.671. The fourth-order valence-electron chi connectivity index (χ4n) is 6.36. The van der Waals surface area contributed by atoms with E-state index in [0.717, 1.165) is 44.4 Å². The number of hydrogen-bond acceptors (Lipinski definition) is 10. The molecule has 50 heavy (non-hydrogen) atoms. The number of nitrogens with zero attached hydrogens (tertiary/aromatic N) is 2. The van der Waals surface area contributed by atoms with Crippen LogP contribution in [0.3, 0.4) is 0 Å². The maximum atomic E-state index is 12.1. The SMILES string of the molecule is CC(C)(C)OC(=O)NC1=N[C@@]2(c3cccc(Br)c3)CCOC[C@H]2CS1.CC(C)(C)OC(=O)NC1=N[C@]2(c3cccc(Br)c3)CCOC[C@@H]2CS1. The van der Waals surface area contributed by atoms with E-state index >= 15 is 0 Å². The molecule has 14 heteroatoms. The predicted octanol–water partition coefficient (Wildman–Crippen LogP) is 8.62. The Morgan fingerprint density at radius 2 is 1.14 bits per heavy atom. The van der Waals surface area contributed by atoms with Gasteiger partial charge in [0.2, 0.25) is 0 Å². The summed E-state index contributed by atoms with van der Waals surface area (Å²) in [6, 6.07) is 16.5. The molecule has 272 valence electrons. The lowest BCUT2D eigenvalue weighted by atomic mass is 9.76. The van der Waals surface area contributed by atoms with Crippen LogP contribution in [0.4, 0.5) is 9.59 Å². The lowest BCUT2D eigenvalue weighted by Gasteiger charge is -2.44. The number of rotatable bonds is 2. The third-order valence-electron chi connectivity index (χ3n) is 8.55. The van der Waals surface area contributed by atoms with Crippen molar-refractivity contribution in [3.8, 4) is 0 Å². The molecule has 6 rings (SSSR count). The highest BCUT2D eigenvalue weighted by molar-refractivity contribution is 9.10. The molecule has 10 nitrogen and oxygen atoms in total. The van der Waals surface area contributed by atoms with Gasteiger partial charge in [0.15, 0.2) is 10.3 Å². The molecule has 4 heterocycles. The minimum absolute atomic E-state index is 0.282. The molecule has 0 saturated carbocycles. The van der Waals surface area contributed by atoms with E-state index in [-0.39, 0.29) is 22.9 Å². The number of halogens is 2. The van der Waals surface area contributed by atoms with E-state index in [9.17, 15) is 9.59 Å². The molecule has 4 aliphatic rings. The van der Waals surface area contributed by atoms with Gasteiger partial charge in [-0.15, -0.1) is 0 Å². The van der Waals surface area contributed by atoms with Gasteiger partial charge in [-0.25, -0.2) is 9.59 Å². The minimum Gasteiger partial charge on any atom is -0.444 e. The third kappa shape index (κ3) is 10.1. The molecule has 2 aromatic carbocycles. The van der Waals surface area contributed by atoms with Gasteiger partial charge in [0.05, 0.1) is 24.3 Å². The van der Waals surface area contributed by atoms with E-state index in [0.29, 0.717) is 36.8 Å². The Kier molecular flexibility index (Phi) is 12.7. The van der Waals surface area contributed by atoms with Gasteiger partial charge in [-0.1, -0.05) is 79.6 Å². The van der Waals surface area contributed by atoms with Crippen LogP contribution in [0.25, 0.3) is 0 Å². The second-order valence-electron chi connectivity index (χ2n) is 14.6. The summed E-state index contributed by atoms with van der Waals surface area (Å²) in [7, 11) is 0. The summed E-state index contributed by atoms with van der Waals surface area (Å²) in [4.78, 5) is 34.2. The average Bonchev–Trinajstić information content (AvgIpc) is 3.03. The van der Waals surface area contributed by atoms with Crippen molar-refractivity contribution in [1.82, 2.24) is 10.6 Å². The van der Waals surface area contributed by atoms with Crippen LogP contribution in [0, 0.1) is 11.8 Å². The van der Waals surface area contributed by atoms with Gasteiger partial charge in [-0.05, 0) is 76.9 Å². The molecule has 0 bridgehead atoms. The highest BCUT2D eigenvalue weighted by Gasteiger charge is 2.47. The standard InChI is InChI=1S/2C18H23BrN2O3S/c2*1-17(2,3)24-16(22)20-15-21-18(12-5-4-6-14(19)9-12)7-8-23-10-13(18)11-25-15/h2*4-6,9,13H,7-8,10-11H2,1-3H3,(H,20,21,22)/t2*13-,18+/m10/s1. The maximum Gasteiger partial charge on any atom is 0.413 e. The Balaban J connectivity index is 0.000000194. The summed E-state index contributed by atoms with van der Waals surface area (Å²) in [5.74, 6) is 2.26. The normalized spacial score (nSPS) is 26.4. The average molecular weight is 855 g/mol. The number of nitrogens with one attached hydrogen (secondary N) is 2. The zero-order valence-corrected chi connectivity index (χ0v) is 34.2. The van der Waals surface area contributed by atoms with Gasteiger partial charge in [0, 0.05) is 58.3 Å². The Bertz CT molecular complexity index is 1500. The van der Waals surface area contributed by atoms with E-state index in [1.165, 1.54) is 0 Å². The number of fused-ring (bicyclic) bond motifs is 2. The monoisotopic (exact) mass is 852 g/mol. The zero-order valence-electron chi connectivity index (χ0n) is 29.3. The summed E-state index contributed by atoms with van der Waals surface area (Å²) in [6.45, 7) is 13.8. The lowest BCUT2D eigenvalue weighted by Crippen LogP contribution is -2.48. The predicted molar refractivity (Wildman–Crippen MR) is 208 cm³/mol. The number of thioether (sulfide) groups is 2. The molecule has 0 radical (unpaired) electrons. The Hall–Kier alpha value is -2.10. The molecule has 0 unspecified atom stereocenters. The van der Waals surface area contributed by atoms with Gasteiger partial charge < -0.3 is 18.9 Å². The molecule has 2 N–H and O–H groups in total. The van der Waals surface area contributed by atoms with E-state index in [1.807, 2.05) is 65.8 Å². The zero-order chi connectivity index (χ0) is 36.2. The largest absolute Gasteiger partial charge is 0.444 e. The second-order valence-corrected chi connectivity index (χ2v) is 18.5. The van der Waals surface area contributed by atoms with Crippen molar-refractivity contribution >= 4 is 77.9 Å². The number of benzene rings is 2. The second kappa shape index (κ2) is 16.3. The summed E-state index contributed by atoms with van der Waals surface area (Å²) in [5, 5.41) is 6.87. The Morgan fingerprint density at radius 1 is 0.740 bits per heavy atom. The Labute approximate surface area is 320 Å². The van der Waals surface area contributed by atoms with E-state index in [2.05, 4.69) is 66.8 Å². The molecule has 0 aliphatic carbocycles. The molecule has 0 aromatic heterocycles. The molecule has 2 aromatic rings. The lowest BCUT2D eigenvalue weighted by molar-refractivity contribution is 0.00975. The van der Waals surface area contributed by atoms with Crippen LogP contribution in [0.15, 0.2) is 67.5 Å². The van der Waals surface area contributed by atoms with Gasteiger partial charge in [-0.2, -0.15) is 0 Å². The van der Waals surface area contributed by atoms with Gasteiger partial charge >= 0.3 is 12.2 Å². The van der Waals surface area contributed by atoms with Crippen molar-refractivity contribution in [2.24, 2.45) is 21.8 Å². The molecular weight excluding hydrogens is 808 g/mol. The van der Waals surface area contributed by atoms with Crippen LogP contribution in [-0.4, -0.2) is 71.7 Å². The van der Waals surface area contributed by atoms with Crippen molar-refractivity contribution < 1.29 is 28.5 Å². The minimum atomic E-state index is -0.535. The highest BCUT2D eigenvalue weighted by Crippen LogP contribution is 2.47. The number of carbonyl (C=O) groups is 2. The van der Waals surface area contributed by atoms with Gasteiger partial charge in [-0.3, -0.25) is 20.6 Å². The van der Waals surface area contributed by atoms with Crippen LogP contribution in [0.1, 0.15) is 65.5 Å². The molecule has 0 spiro atoms. The first-order valence-corrected chi connectivity index (χ1v) is 20.3. The van der Waals surface area contributed by atoms with Crippen LogP contribution >= 0.6 is 55.4 Å². The number of hydrogen-bond donors (Lipinski definition) is 2. The number of aliphatic imine (C=N–C) groups is 2. The highest BCUT2D eigenvalue weighted by atomic mass is 79.9. The summed E-state index contributed by atoms with van der Waals surface area (Å²) >= 11 is 10.2. The summed E-state index contributed by atoms with van der Waals surface area (Å²) < 4.78 is 24.2. The molecular formula is C36H46Br2N4O6S2. The first-order valence-electron chi connectivity index (χ1n) is 16.7.